The third-order valence-electron chi connectivity index (χ3n) is 2.24. The summed E-state index contributed by atoms with van der Waals surface area (Å²) in [7, 11) is 3.88. The summed E-state index contributed by atoms with van der Waals surface area (Å²) in [6, 6.07) is 4.99. The van der Waals surface area contributed by atoms with Crippen LogP contribution in [0.25, 0.3) is 0 Å². The van der Waals surface area contributed by atoms with Crippen LogP contribution in [-0.4, -0.2) is 43.1 Å². The van der Waals surface area contributed by atoms with Crippen molar-refractivity contribution < 1.29 is 9.90 Å². The van der Waals surface area contributed by atoms with Gasteiger partial charge in [0.15, 0.2) is 0 Å². The van der Waals surface area contributed by atoms with E-state index in [4.69, 9.17) is 0 Å². The Morgan fingerprint density at radius 1 is 1.44 bits per heavy atom. The molecule has 0 aliphatic rings. The molecule has 0 fully saturated rings. The molecule has 4 nitrogen and oxygen atoms in total. The molecule has 1 amide bonds. The molecule has 0 saturated heterocycles. The Balaban J connectivity index is 2.62. The van der Waals surface area contributed by atoms with Crippen molar-refractivity contribution in [2.24, 2.45) is 0 Å². The molecular weight excluding hydrogens is 204 g/mol. The number of benzene rings is 1. The summed E-state index contributed by atoms with van der Waals surface area (Å²) in [6.45, 7) is 3.23. The molecule has 0 radical (unpaired) electrons. The highest BCUT2D eigenvalue weighted by Crippen LogP contribution is 2.17. The van der Waals surface area contributed by atoms with Crippen molar-refractivity contribution in [2.75, 3.05) is 27.2 Å². The lowest BCUT2D eigenvalue weighted by molar-refractivity contribution is 0.0948. The molecule has 1 rings (SSSR count). The first-order chi connectivity index (χ1) is 7.50. The highest BCUT2D eigenvalue weighted by atomic mass is 16.3. The van der Waals surface area contributed by atoms with Gasteiger partial charge in [-0.25, -0.2) is 0 Å². The summed E-state index contributed by atoms with van der Waals surface area (Å²) in [5.74, 6) is -0.212. The molecule has 0 unspecified atom stereocenters. The van der Waals surface area contributed by atoms with Gasteiger partial charge in [0.05, 0.1) is 5.56 Å². The van der Waals surface area contributed by atoms with Gasteiger partial charge in [0.25, 0.3) is 5.91 Å². The maximum atomic E-state index is 11.7. The number of hydrogen-bond acceptors (Lipinski definition) is 3. The Morgan fingerprint density at radius 3 is 2.75 bits per heavy atom. The molecule has 0 saturated carbocycles. The van der Waals surface area contributed by atoms with E-state index in [1.54, 1.807) is 12.1 Å². The van der Waals surface area contributed by atoms with E-state index in [0.29, 0.717) is 12.1 Å². The molecule has 2 N–H and O–H groups in total. The first-order valence-corrected chi connectivity index (χ1v) is 5.23. The number of likely N-dealkylation sites (N-methyl/N-ethyl adjacent to an activating group) is 1. The van der Waals surface area contributed by atoms with Crippen LogP contribution in [0.15, 0.2) is 18.2 Å². The van der Waals surface area contributed by atoms with Crippen molar-refractivity contribution in [1.82, 2.24) is 10.2 Å². The fraction of sp³-hybridized carbons (Fsp3) is 0.417. The zero-order valence-electron chi connectivity index (χ0n) is 9.95. The van der Waals surface area contributed by atoms with Gasteiger partial charge in [0.1, 0.15) is 5.75 Å². The van der Waals surface area contributed by atoms with Gasteiger partial charge in [-0.1, -0.05) is 11.6 Å². The van der Waals surface area contributed by atoms with Crippen molar-refractivity contribution in [1.29, 1.82) is 0 Å². The first-order valence-electron chi connectivity index (χ1n) is 5.23. The summed E-state index contributed by atoms with van der Waals surface area (Å²) in [4.78, 5) is 13.7. The van der Waals surface area contributed by atoms with Crippen molar-refractivity contribution >= 4 is 5.91 Å². The molecule has 1 aromatic carbocycles. The number of carbonyl (C=O) groups excluding carboxylic acids is 1. The van der Waals surface area contributed by atoms with Crippen LogP contribution in [0.1, 0.15) is 15.9 Å². The van der Waals surface area contributed by atoms with Gasteiger partial charge in [0, 0.05) is 13.1 Å². The van der Waals surface area contributed by atoms with Crippen LogP contribution in [0.2, 0.25) is 0 Å². The Kier molecular flexibility index (Phi) is 4.31. The van der Waals surface area contributed by atoms with E-state index in [1.165, 1.54) is 6.07 Å². The van der Waals surface area contributed by atoms with Crippen molar-refractivity contribution in [3.63, 3.8) is 0 Å². The first kappa shape index (κ1) is 12.5. The molecule has 0 spiro atoms. The van der Waals surface area contributed by atoms with Crippen LogP contribution in [-0.2, 0) is 0 Å². The Hall–Kier alpha value is -1.55. The van der Waals surface area contributed by atoms with Crippen LogP contribution in [0.4, 0.5) is 0 Å². The lowest BCUT2D eigenvalue weighted by atomic mass is 10.1. The SMILES string of the molecule is Cc1ccc(O)c(C(=O)NCCN(C)C)c1. The second-order valence-corrected chi connectivity index (χ2v) is 4.08. The van der Waals surface area contributed by atoms with Crippen molar-refractivity contribution in [2.45, 2.75) is 6.92 Å². The number of carbonyl (C=O) groups is 1. The molecule has 0 bridgehead atoms. The van der Waals surface area contributed by atoms with Gasteiger partial charge in [-0.15, -0.1) is 0 Å². The molecule has 0 aromatic heterocycles. The summed E-state index contributed by atoms with van der Waals surface area (Å²) in [5.41, 5.74) is 1.29. The number of phenols is 1. The van der Waals surface area contributed by atoms with Crippen molar-refractivity contribution in [3.05, 3.63) is 29.3 Å². The van der Waals surface area contributed by atoms with E-state index < -0.39 is 0 Å². The second kappa shape index (κ2) is 5.51. The molecule has 0 aliphatic carbocycles. The molecule has 16 heavy (non-hydrogen) atoms. The van der Waals surface area contributed by atoms with Gasteiger partial charge in [-0.2, -0.15) is 0 Å². The minimum Gasteiger partial charge on any atom is -0.507 e. The predicted molar refractivity (Wildman–Crippen MR) is 63.7 cm³/mol. The number of hydrogen-bond donors (Lipinski definition) is 2. The highest BCUT2D eigenvalue weighted by Gasteiger charge is 2.10. The molecular formula is C12H18N2O2. The maximum absolute atomic E-state index is 11.7. The lowest BCUT2D eigenvalue weighted by Crippen LogP contribution is -2.31. The topological polar surface area (TPSA) is 52.6 Å². The standard InChI is InChI=1S/C12H18N2O2/c1-9-4-5-11(15)10(8-9)12(16)13-6-7-14(2)3/h4-5,8,15H,6-7H2,1-3H3,(H,13,16). The van der Waals surface area contributed by atoms with E-state index in [9.17, 15) is 9.90 Å². The van der Waals surface area contributed by atoms with Gasteiger partial charge in [-0.3, -0.25) is 4.79 Å². The fourth-order valence-electron chi connectivity index (χ4n) is 1.32. The van der Waals surface area contributed by atoms with Gasteiger partial charge in [0.2, 0.25) is 0 Å². The molecule has 0 atom stereocenters. The number of rotatable bonds is 4. The molecule has 1 aromatic rings. The average Bonchev–Trinajstić information content (AvgIpc) is 2.21. The minimum atomic E-state index is -0.233. The average molecular weight is 222 g/mol. The van der Waals surface area contributed by atoms with E-state index in [1.807, 2.05) is 25.9 Å². The van der Waals surface area contributed by atoms with Crippen LogP contribution in [0, 0.1) is 6.92 Å². The zero-order valence-corrected chi connectivity index (χ0v) is 9.95. The molecule has 88 valence electrons. The summed E-state index contributed by atoms with van der Waals surface area (Å²) in [6.07, 6.45) is 0. The highest BCUT2D eigenvalue weighted by molar-refractivity contribution is 5.96. The number of aryl methyl sites for hydroxylation is 1. The molecule has 0 heterocycles. The van der Waals surface area contributed by atoms with E-state index in [2.05, 4.69) is 5.32 Å². The molecule has 0 aliphatic heterocycles. The summed E-state index contributed by atoms with van der Waals surface area (Å²) in [5, 5.41) is 12.3. The molecule has 4 heteroatoms. The zero-order chi connectivity index (χ0) is 12.1. The largest absolute Gasteiger partial charge is 0.507 e. The number of nitrogens with zero attached hydrogens (tertiary/aromatic N) is 1. The third kappa shape index (κ3) is 3.55. The second-order valence-electron chi connectivity index (χ2n) is 4.08. The van der Waals surface area contributed by atoms with Gasteiger partial charge in [-0.05, 0) is 33.2 Å². The quantitative estimate of drug-likeness (QED) is 0.799. The van der Waals surface area contributed by atoms with Crippen LogP contribution < -0.4 is 5.32 Å². The Labute approximate surface area is 95.9 Å². The van der Waals surface area contributed by atoms with Crippen LogP contribution >= 0.6 is 0 Å². The smallest absolute Gasteiger partial charge is 0.255 e. The Bertz CT molecular complexity index is 375. The van der Waals surface area contributed by atoms with Crippen LogP contribution in [0.3, 0.4) is 0 Å². The number of nitrogens with one attached hydrogen (secondary N) is 1. The van der Waals surface area contributed by atoms with Gasteiger partial charge >= 0.3 is 0 Å². The normalized spacial score (nSPS) is 10.5. The lowest BCUT2D eigenvalue weighted by Gasteiger charge is -2.11. The third-order valence-corrected chi connectivity index (χ3v) is 2.24. The Morgan fingerprint density at radius 2 is 2.12 bits per heavy atom. The monoisotopic (exact) mass is 222 g/mol. The van der Waals surface area contributed by atoms with E-state index >= 15 is 0 Å². The van der Waals surface area contributed by atoms with Crippen LogP contribution in [0.5, 0.6) is 5.75 Å². The maximum Gasteiger partial charge on any atom is 0.255 e. The van der Waals surface area contributed by atoms with E-state index in [-0.39, 0.29) is 11.7 Å². The van der Waals surface area contributed by atoms with E-state index in [0.717, 1.165) is 12.1 Å². The predicted octanol–water partition coefficient (Wildman–Crippen LogP) is 0.992. The summed E-state index contributed by atoms with van der Waals surface area (Å²) < 4.78 is 0. The number of phenolic OH excluding ortho intramolecular Hbond substituents is 1. The minimum absolute atomic E-state index is 0.0213. The number of amides is 1. The summed E-state index contributed by atoms with van der Waals surface area (Å²) >= 11 is 0. The number of aromatic hydroxyl groups is 1. The fourth-order valence-corrected chi connectivity index (χ4v) is 1.32. The van der Waals surface area contributed by atoms with Gasteiger partial charge < -0.3 is 15.3 Å². The van der Waals surface area contributed by atoms with Crippen molar-refractivity contribution in [3.8, 4) is 5.75 Å².